The van der Waals surface area contributed by atoms with Gasteiger partial charge in [0.05, 0.1) is 22.8 Å². The zero-order valence-electron chi connectivity index (χ0n) is 16.6. The molecule has 2 aromatic carbocycles. The summed E-state index contributed by atoms with van der Waals surface area (Å²) < 4.78 is 5.59. The summed E-state index contributed by atoms with van der Waals surface area (Å²) in [6, 6.07) is 13.8. The molecule has 1 heterocycles. The highest BCUT2D eigenvalue weighted by Crippen LogP contribution is 2.34. The van der Waals surface area contributed by atoms with Crippen molar-refractivity contribution in [1.82, 2.24) is 4.90 Å². The van der Waals surface area contributed by atoms with Crippen molar-refractivity contribution in [1.29, 1.82) is 0 Å². The zero-order valence-corrected chi connectivity index (χ0v) is 17.4. The highest BCUT2D eigenvalue weighted by molar-refractivity contribution is 8.18. The Morgan fingerprint density at radius 2 is 1.90 bits per heavy atom. The fourth-order valence-electron chi connectivity index (χ4n) is 2.70. The van der Waals surface area contributed by atoms with E-state index in [9.17, 15) is 9.59 Å². The Bertz CT molecular complexity index is 995. The van der Waals surface area contributed by atoms with Crippen LogP contribution in [0.15, 0.2) is 71.1 Å². The van der Waals surface area contributed by atoms with Crippen molar-refractivity contribution in [3.63, 3.8) is 0 Å². The smallest absolute Gasteiger partial charge is 0.335 e. The first-order valence-electron chi connectivity index (χ1n) is 9.49. The lowest BCUT2D eigenvalue weighted by Crippen LogP contribution is -2.29. The molecule has 6 nitrogen and oxygen atoms in total. The van der Waals surface area contributed by atoms with Gasteiger partial charge >= 0.3 is 5.97 Å². The maximum Gasteiger partial charge on any atom is 0.335 e. The minimum Gasteiger partial charge on any atom is -0.494 e. The van der Waals surface area contributed by atoms with E-state index in [4.69, 9.17) is 9.84 Å². The van der Waals surface area contributed by atoms with E-state index >= 15 is 0 Å². The number of carboxylic acid groups (broad SMARTS) is 1. The maximum absolute atomic E-state index is 12.9. The molecule has 0 bridgehead atoms. The number of ether oxygens (including phenoxy) is 1. The van der Waals surface area contributed by atoms with Crippen LogP contribution in [0.3, 0.4) is 0 Å². The van der Waals surface area contributed by atoms with Crippen molar-refractivity contribution in [2.45, 2.75) is 13.3 Å². The van der Waals surface area contributed by atoms with Crippen molar-refractivity contribution in [3.8, 4) is 5.75 Å². The Morgan fingerprint density at radius 3 is 2.50 bits per heavy atom. The monoisotopic (exact) mass is 422 g/mol. The first kappa shape index (κ1) is 21.4. The minimum absolute atomic E-state index is 0.146. The molecule has 1 fully saturated rings. The maximum atomic E-state index is 12.9. The molecule has 0 aromatic heterocycles. The zero-order chi connectivity index (χ0) is 21.5. The number of benzene rings is 2. The van der Waals surface area contributed by atoms with Crippen LogP contribution >= 0.6 is 11.8 Å². The lowest BCUT2D eigenvalue weighted by molar-refractivity contribution is -0.121. The molecule has 0 radical (unpaired) electrons. The summed E-state index contributed by atoms with van der Waals surface area (Å²) in [5, 5.41) is 9.55. The normalized spacial score (nSPS) is 16.3. The highest BCUT2D eigenvalue weighted by atomic mass is 32.2. The summed E-state index contributed by atoms with van der Waals surface area (Å²) in [4.78, 5) is 30.5. The van der Waals surface area contributed by atoms with Gasteiger partial charge < -0.3 is 9.84 Å². The van der Waals surface area contributed by atoms with Gasteiger partial charge in [0.15, 0.2) is 5.17 Å². The number of carbonyl (C=O) groups is 2. The molecule has 1 N–H and O–H groups in total. The molecule has 0 saturated carbocycles. The Kier molecular flexibility index (Phi) is 7.08. The van der Waals surface area contributed by atoms with Crippen molar-refractivity contribution >= 4 is 40.6 Å². The molecule has 7 heteroatoms. The van der Waals surface area contributed by atoms with Crippen LogP contribution in [0.5, 0.6) is 5.75 Å². The van der Waals surface area contributed by atoms with Gasteiger partial charge in [0.1, 0.15) is 5.75 Å². The SMILES string of the molecule is C=CCN1C(=O)/C(=C/c2ccc(OCCC)cc2)SC1=Nc1ccc(C(=O)O)cc1. The quantitative estimate of drug-likeness (QED) is 0.480. The average molecular weight is 423 g/mol. The number of hydrogen-bond donors (Lipinski definition) is 1. The summed E-state index contributed by atoms with van der Waals surface area (Å²) in [6.45, 7) is 6.77. The van der Waals surface area contributed by atoms with E-state index in [1.807, 2.05) is 30.3 Å². The average Bonchev–Trinajstić information content (AvgIpc) is 3.03. The van der Waals surface area contributed by atoms with Crippen LogP contribution < -0.4 is 4.74 Å². The molecular formula is C23H22N2O4S. The standard InChI is InChI=1S/C23H22N2O4S/c1-3-13-25-21(26)20(15-16-5-11-19(12-6-16)29-14-4-2)30-23(25)24-18-9-7-17(8-10-18)22(27)28/h3,5-12,15H,1,4,13-14H2,2H3,(H,27,28)/b20-15-,24-23?. The second kappa shape index (κ2) is 9.93. The van der Waals surface area contributed by atoms with Crippen molar-refractivity contribution in [2.75, 3.05) is 13.2 Å². The molecule has 1 aliphatic heterocycles. The number of aliphatic imine (C=N–C) groups is 1. The van der Waals surface area contributed by atoms with Gasteiger partial charge in [-0.05, 0) is 66.2 Å². The number of aromatic carboxylic acids is 1. The summed E-state index contributed by atoms with van der Waals surface area (Å²) in [5.74, 6) is -0.346. The van der Waals surface area contributed by atoms with E-state index in [1.54, 1.807) is 23.1 Å². The number of amides is 1. The van der Waals surface area contributed by atoms with Gasteiger partial charge in [-0.1, -0.05) is 25.1 Å². The van der Waals surface area contributed by atoms with E-state index in [0.717, 1.165) is 17.7 Å². The second-order valence-electron chi connectivity index (χ2n) is 6.48. The second-order valence-corrected chi connectivity index (χ2v) is 7.49. The van der Waals surface area contributed by atoms with Gasteiger partial charge in [-0.25, -0.2) is 9.79 Å². The molecule has 3 rings (SSSR count). The van der Waals surface area contributed by atoms with Gasteiger partial charge in [-0.15, -0.1) is 6.58 Å². The highest BCUT2D eigenvalue weighted by Gasteiger charge is 2.32. The molecule has 1 aliphatic rings. The minimum atomic E-state index is -0.996. The molecule has 1 saturated heterocycles. The molecular weight excluding hydrogens is 400 g/mol. The van der Waals surface area contributed by atoms with Crippen LogP contribution in [0.4, 0.5) is 5.69 Å². The number of hydrogen-bond acceptors (Lipinski definition) is 5. The molecule has 2 aromatic rings. The van der Waals surface area contributed by atoms with Crippen molar-refractivity contribution in [3.05, 3.63) is 77.2 Å². The number of carbonyl (C=O) groups excluding carboxylic acids is 1. The Labute approximate surface area is 179 Å². The lowest BCUT2D eigenvalue weighted by atomic mass is 10.2. The lowest BCUT2D eigenvalue weighted by Gasteiger charge is -2.12. The van der Waals surface area contributed by atoms with Gasteiger partial charge in [-0.3, -0.25) is 9.69 Å². The largest absolute Gasteiger partial charge is 0.494 e. The number of thioether (sulfide) groups is 1. The predicted octanol–water partition coefficient (Wildman–Crippen LogP) is 4.96. The first-order valence-corrected chi connectivity index (χ1v) is 10.3. The summed E-state index contributed by atoms with van der Waals surface area (Å²) in [7, 11) is 0. The topological polar surface area (TPSA) is 79.2 Å². The van der Waals surface area contributed by atoms with Crippen LogP contribution in [0.1, 0.15) is 29.3 Å². The summed E-state index contributed by atoms with van der Waals surface area (Å²) in [6.07, 6.45) is 4.41. The molecule has 1 amide bonds. The third-order valence-corrected chi connectivity index (χ3v) is 5.20. The van der Waals surface area contributed by atoms with E-state index in [-0.39, 0.29) is 11.5 Å². The van der Waals surface area contributed by atoms with Crippen molar-refractivity contribution < 1.29 is 19.4 Å². The molecule has 0 spiro atoms. The Morgan fingerprint density at radius 1 is 1.20 bits per heavy atom. The Balaban J connectivity index is 1.83. The Hall–Kier alpha value is -3.32. The van der Waals surface area contributed by atoms with Crippen LogP contribution in [0.25, 0.3) is 6.08 Å². The number of nitrogens with zero attached hydrogens (tertiary/aromatic N) is 2. The third-order valence-electron chi connectivity index (χ3n) is 4.19. The summed E-state index contributed by atoms with van der Waals surface area (Å²) in [5.41, 5.74) is 1.65. The van der Waals surface area contributed by atoms with Gasteiger partial charge in [0, 0.05) is 6.54 Å². The van der Waals surface area contributed by atoms with Gasteiger partial charge in [0.25, 0.3) is 5.91 Å². The molecule has 154 valence electrons. The number of amidine groups is 1. The number of carboxylic acids is 1. The molecule has 0 aliphatic carbocycles. The molecule has 30 heavy (non-hydrogen) atoms. The van der Waals surface area contributed by atoms with E-state index in [1.165, 1.54) is 23.9 Å². The first-order chi connectivity index (χ1) is 14.5. The summed E-state index contributed by atoms with van der Waals surface area (Å²) >= 11 is 1.28. The molecule has 0 atom stereocenters. The van der Waals surface area contributed by atoms with Crippen LogP contribution in [0.2, 0.25) is 0 Å². The fourth-order valence-corrected chi connectivity index (χ4v) is 3.71. The predicted molar refractivity (Wildman–Crippen MR) is 120 cm³/mol. The van der Waals surface area contributed by atoms with Crippen molar-refractivity contribution in [2.24, 2.45) is 4.99 Å². The van der Waals surface area contributed by atoms with Gasteiger partial charge in [-0.2, -0.15) is 0 Å². The van der Waals surface area contributed by atoms with Crippen LogP contribution in [-0.4, -0.2) is 40.2 Å². The van der Waals surface area contributed by atoms with E-state index < -0.39 is 5.97 Å². The van der Waals surface area contributed by atoms with E-state index in [2.05, 4.69) is 18.5 Å². The van der Waals surface area contributed by atoms with Crippen LogP contribution in [-0.2, 0) is 4.79 Å². The molecule has 0 unspecified atom stereocenters. The fraction of sp³-hybridized carbons (Fsp3) is 0.174. The van der Waals surface area contributed by atoms with E-state index in [0.29, 0.717) is 28.9 Å². The number of rotatable bonds is 8. The van der Waals surface area contributed by atoms with Crippen LogP contribution in [0, 0.1) is 0 Å². The third kappa shape index (κ3) is 5.18. The van der Waals surface area contributed by atoms with Gasteiger partial charge in [0.2, 0.25) is 0 Å².